The number of nitrogens with zero attached hydrogens (tertiary/aromatic N) is 1. The third kappa shape index (κ3) is 3.06. The topological polar surface area (TPSA) is 25.2 Å². The van der Waals surface area contributed by atoms with Gasteiger partial charge in [-0.25, -0.2) is 0 Å². The lowest BCUT2D eigenvalue weighted by Gasteiger charge is -2.28. The summed E-state index contributed by atoms with van der Waals surface area (Å²) < 4.78 is 2.17. The normalized spacial score (nSPS) is 12.8. The minimum absolute atomic E-state index is 0.120. The Bertz CT molecular complexity index is 898. The van der Waals surface area contributed by atoms with E-state index in [1.165, 1.54) is 22.0 Å². The zero-order chi connectivity index (χ0) is 18.6. The van der Waals surface area contributed by atoms with E-state index >= 15 is 0 Å². The zero-order valence-corrected chi connectivity index (χ0v) is 16.4. The Morgan fingerprint density at radius 1 is 0.840 bits per heavy atom. The molecule has 2 nitrogen and oxygen atoms in total. The number of para-hydroxylation sites is 1. The third-order valence-electron chi connectivity index (χ3n) is 4.93. The molecule has 132 valence electrons. The number of rotatable bonds is 1. The fraction of sp³-hybridized carbons (Fsp3) is 0.391. The second kappa shape index (κ2) is 5.66. The molecule has 0 radical (unpaired) electrons. The van der Waals surface area contributed by atoms with Gasteiger partial charge in [0.2, 0.25) is 0 Å². The highest BCUT2D eigenvalue weighted by atomic mass is 16.3. The number of fused-ring (bicyclic) bond motifs is 1. The van der Waals surface area contributed by atoms with E-state index in [0.717, 1.165) is 11.1 Å². The molecule has 0 amide bonds. The number of benzene rings is 2. The molecule has 1 heterocycles. The number of phenols is 1. The molecule has 1 N–H and O–H groups in total. The first-order valence-corrected chi connectivity index (χ1v) is 8.92. The first-order chi connectivity index (χ1) is 11.5. The van der Waals surface area contributed by atoms with Crippen molar-refractivity contribution in [1.29, 1.82) is 0 Å². The molecule has 0 atom stereocenters. The summed E-state index contributed by atoms with van der Waals surface area (Å²) in [5.74, 6) is 0.434. The van der Waals surface area contributed by atoms with Crippen LogP contribution in [0.15, 0.2) is 42.6 Å². The Morgan fingerprint density at radius 3 is 1.88 bits per heavy atom. The molecule has 3 aromatic rings. The van der Waals surface area contributed by atoms with Crippen molar-refractivity contribution in [3.05, 3.63) is 53.7 Å². The lowest BCUT2D eigenvalue weighted by atomic mass is 9.78. The van der Waals surface area contributed by atoms with E-state index in [-0.39, 0.29) is 10.8 Å². The first kappa shape index (κ1) is 17.6. The van der Waals surface area contributed by atoms with Gasteiger partial charge >= 0.3 is 0 Å². The van der Waals surface area contributed by atoms with Crippen LogP contribution in [0.2, 0.25) is 0 Å². The van der Waals surface area contributed by atoms with Gasteiger partial charge in [-0.2, -0.15) is 0 Å². The Kier molecular flexibility index (Phi) is 3.98. The summed E-state index contributed by atoms with van der Waals surface area (Å²) in [6, 6.07) is 12.8. The van der Waals surface area contributed by atoms with Gasteiger partial charge in [-0.05, 0) is 34.6 Å². The molecule has 0 bridgehead atoms. The summed E-state index contributed by atoms with van der Waals surface area (Å²) in [5.41, 5.74) is 5.37. The van der Waals surface area contributed by atoms with Gasteiger partial charge < -0.3 is 9.67 Å². The number of phenolic OH excluding ortho intramolecular Hbond substituents is 1. The van der Waals surface area contributed by atoms with Crippen molar-refractivity contribution in [2.45, 2.75) is 52.4 Å². The Morgan fingerprint density at radius 2 is 1.36 bits per heavy atom. The molecule has 2 heteroatoms. The van der Waals surface area contributed by atoms with Gasteiger partial charge in [0.1, 0.15) is 5.75 Å². The Hall–Kier alpha value is -2.22. The second-order valence-corrected chi connectivity index (χ2v) is 9.09. The maximum absolute atomic E-state index is 10.9. The zero-order valence-electron chi connectivity index (χ0n) is 16.4. The van der Waals surface area contributed by atoms with Crippen LogP contribution in [-0.4, -0.2) is 9.67 Å². The molecule has 3 rings (SSSR count). The van der Waals surface area contributed by atoms with E-state index < -0.39 is 0 Å². The van der Waals surface area contributed by atoms with Crippen molar-refractivity contribution < 1.29 is 5.11 Å². The van der Waals surface area contributed by atoms with Gasteiger partial charge in [-0.1, -0.05) is 59.7 Å². The van der Waals surface area contributed by atoms with Crippen molar-refractivity contribution in [2.75, 3.05) is 0 Å². The Labute approximate surface area is 151 Å². The molecule has 0 spiro atoms. The van der Waals surface area contributed by atoms with E-state index in [2.05, 4.69) is 95.8 Å². The van der Waals surface area contributed by atoms with Crippen LogP contribution in [-0.2, 0) is 17.9 Å². The van der Waals surface area contributed by atoms with E-state index in [9.17, 15) is 5.11 Å². The minimum Gasteiger partial charge on any atom is -0.507 e. The molecule has 0 aliphatic carbocycles. The van der Waals surface area contributed by atoms with E-state index in [0.29, 0.717) is 5.75 Å². The van der Waals surface area contributed by atoms with Crippen molar-refractivity contribution in [3.63, 3.8) is 0 Å². The molecular formula is C23H29NO. The number of hydrogen-bond acceptors (Lipinski definition) is 1. The van der Waals surface area contributed by atoms with Gasteiger partial charge in [-0.15, -0.1) is 0 Å². The van der Waals surface area contributed by atoms with Crippen molar-refractivity contribution in [2.24, 2.45) is 7.05 Å². The predicted molar refractivity (Wildman–Crippen MR) is 107 cm³/mol. The lowest BCUT2D eigenvalue weighted by Crippen LogP contribution is -2.17. The monoisotopic (exact) mass is 335 g/mol. The summed E-state index contributed by atoms with van der Waals surface area (Å²) in [4.78, 5) is 0. The summed E-state index contributed by atoms with van der Waals surface area (Å²) in [7, 11) is 2.08. The highest BCUT2D eigenvalue weighted by molar-refractivity contribution is 5.96. The van der Waals surface area contributed by atoms with Crippen molar-refractivity contribution in [3.8, 4) is 16.9 Å². The van der Waals surface area contributed by atoms with Gasteiger partial charge in [0.25, 0.3) is 0 Å². The van der Waals surface area contributed by atoms with E-state index in [4.69, 9.17) is 0 Å². The van der Waals surface area contributed by atoms with Crippen LogP contribution in [0.5, 0.6) is 5.75 Å². The molecule has 1 aromatic heterocycles. The van der Waals surface area contributed by atoms with Gasteiger partial charge in [-0.3, -0.25) is 0 Å². The quantitative estimate of drug-likeness (QED) is 0.567. The van der Waals surface area contributed by atoms with Crippen LogP contribution in [0.25, 0.3) is 22.0 Å². The van der Waals surface area contributed by atoms with Gasteiger partial charge in [0.15, 0.2) is 0 Å². The number of aryl methyl sites for hydroxylation is 1. The minimum atomic E-state index is -0.120. The molecule has 0 aliphatic heterocycles. The van der Waals surface area contributed by atoms with Gasteiger partial charge in [0.05, 0.1) is 0 Å². The maximum atomic E-state index is 10.9. The third-order valence-corrected chi connectivity index (χ3v) is 4.93. The molecule has 2 aromatic carbocycles. The van der Waals surface area contributed by atoms with Crippen LogP contribution < -0.4 is 0 Å². The molecule has 0 aliphatic rings. The van der Waals surface area contributed by atoms with Crippen LogP contribution in [0, 0.1) is 0 Å². The highest BCUT2D eigenvalue weighted by Gasteiger charge is 2.27. The summed E-state index contributed by atoms with van der Waals surface area (Å²) in [6.07, 6.45) is 2.19. The highest BCUT2D eigenvalue weighted by Crippen LogP contribution is 2.43. The molecule has 25 heavy (non-hydrogen) atoms. The number of aromatic hydroxyl groups is 1. The largest absolute Gasteiger partial charge is 0.507 e. The molecular weight excluding hydrogens is 306 g/mol. The molecule has 0 saturated carbocycles. The molecule has 0 saturated heterocycles. The standard InChI is InChI=1S/C23H29NO/c1-22(2,3)18-12-15(13-19(21(18)25)23(4,5)6)17-14-24(7)20-11-9-8-10-16(17)20/h8-14,25H,1-7H3. The predicted octanol–water partition coefficient (Wildman–Crippen LogP) is 6.15. The summed E-state index contributed by atoms with van der Waals surface area (Å²) >= 11 is 0. The SMILES string of the molecule is Cn1cc(-c2cc(C(C)(C)C)c(O)c(C(C)(C)C)c2)c2ccccc21. The average Bonchev–Trinajstić information content (AvgIpc) is 2.83. The summed E-state index contributed by atoms with van der Waals surface area (Å²) in [6.45, 7) is 12.9. The Balaban J connectivity index is 2.36. The maximum Gasteiger partial charge on any atom is 0.123 e. The fourth-order valence-corrected chi connectivity index (χ4v) is 3.51. The number of aromatic nitrogens is 1. The first-order valence-electron chi connectivity index (χ1n) is 8.92. The van der Waals surface area contributed by atoms with Crippen LogP contribution >= 0.6 is 0 Å². The van der Waals surface area contributed by atoms with Crippen LogP contribution in [0.1, 0.15) is 52.7 Å². The second-order valence-electron chi connectivity index (χ2n) is 9.09. The van der Waals surface area contributed by atoms with E-state index in [1.54, 1.807) is 0 Å². The van der Waals surface area contributed by atoms with E-state index in [1.807, 2.05) is 0 Å². The summed E-state index contributed by atoms with van der Waals surface area (Å²) in [5, 5.41) is 12.2. The van der Waals surface area contributed by atoms with Crippen LogP contribution in [0.3, 0.4) is 0 Å². The molecule has 0 fully saturated rings. The smallest absolute Gasteiger partial charge is 0.123 e. The number of hydrogen-bond donors (Lipinski definition) is 1. The molecule has 0 unspecified atom stereocenters. The van der Waals surface area contributed by atoms with Crippen molar-refractivity contribution in [1.82, 2.24) is 4.57 Å². The van der Waals surface area contributed by atoms with Gasteiger partial charge in [0, 0.05) is 40.8 Å². The van der Waals surface area contributed by atoms with Crippen molar-refractivity contribution >= 4 is 10.9 Å². The van der Waals surface area contributed by atoms with Crippen LogP contribution in [0.4, 0.5) is 0 Å². The fourth-order valence-electron chi connectivity index (χ4n) is 3.51. The average molecular weight is 335 g/mol. The lowest BCUT2D eigenvalue weighted by molar-refractivity contribution is 0.423.